The molecule has 0 saturated carbocycles. The second-order valence-electron chi connectivity index (χ2n) is 7.22. The number of piperidine rings is 1. The van der Waals surface area contributed by atoms with Crippen LogP contribution in [-0.4, -0.2) is 41.3 Å². The number of anilines is 2. The van der Waals surface area contributed by atoms with Gasteiger partial charge in [-0.3, -0.25) is 14.5 Å². The third-order valence-corrected chi connectivity index (χ3v) is 5.57. The molecule has 1 aromatic carbocycles. The van der Waals surface area contributed by atoms with Gasteiger partial charge in [0.05, 0.1) is 12.5 Å². The Balaban J connectivity index is 1.54. The molecule has 1 aromatic heterocycles. The number of hydrogen-bond donors (Lipinski definition) is 2. The number of benzene rings is 1. The molecule has 28 heavy (non-hydrogen) atoms. The molecule has 2 aromatic rings. The number of amides is 2. The summed E-state index contributed by atoms with van der Waals surface area (Å²) in [6.45, 7) is 5.71. The average molecular weight is 445 g/mol. The third kappa shape index (κ3) is 5.39. The molecule has 0 spiro atoms. The molecule has 2 heterocycles. The number of rotatable bonds is 5. The van der Waals surface area contributed by atoms with Gasteiger partial charge >= 0.3 is 0 Å². The van der Waals surface area contributed by atoms with Crippen molar-refractivity contribution >= 4 is 39.2 Å². The van der Waals surface area contributed by atoms with Gasteiger partial charge in [-0.1, -0.05) is 12.1 Å². The fourth-order valence-electron chi connectivity index (χ4n) is 3.37. The third-order valence-electron chi connectivity index (χ3n) is 5.10. The maximum absolute atomic E-state index is 12.6. The van der Waals surface area contributed by atoms with E-state index in [1.165, 1.54) is 0 Å². The van der Waals surface area contributed by atoms with Crippen LogP contribution in [0.5, 0.6) is 0 Å². The minimum absolute atomic E-state index is 0.0468. The van der Waals surface area contributed by atoms with Gasteiger partial charge in [0, 0.05) is 22.9 Å². The maximum Gasteiger partial charge on any atom is 0.238 e. The molecule has 1 fully saturated rings. The first-order valence-electron chi connectivity index (χ1n) is 9.43. The summed E-state index contributed by atoms with van der Waals surface area (Å²) in [5, 5.41) is 5.86. The highest BCUT2D eigenvalue weighted by atomic mass is 79.9. The van der Waals surface area contributed by atoms with Crippen molar-refractivity contribution < 1.29 is 9.59 Å². The molecule has 7 heteroatoms. The Morgan fingerprint density at radius 3 is 2.79 bits per heavy atom. The van der Waals surface area contributed by atoms with E-state index in [1.54, 1.807) is 12.3 Å². The van der Waals surface area contributed by atoms with Crippen LogP contribution in [0.15, 0.2) is 41.0 Å². The Morgan fingerprint density at radius 2 is 2.04 bits per heavy atom. The van der Waals surface area contributed by atoms with E-state index in [1.807, 2.05) is 43.0 Å². The molecule has 148 valence electrons. The van der Waals surface area contributed by atoms with Crippen LogP contribution in [0.2, 0.25) is 0 Å². The smallest absolute Gasteiger partial charge is 0.238 e. The van der Waals surface area contributed by atoms with Gasteiger partial charge < -0.3 is 10.6 Å². The van der Waals surface area contributed by atoms with Gasteiger partial charge in [0.15, 0.2) is 0 Å². The quantitative estimate of drug-likeness (QED) is 0.736. The number of nitrogens with one attached hydrogen (secondary N) is 2. The number of halogens is 1. The van der Waals surface area contributed by atoms with Crippen LogP contribution in [0.25, 0.3) is 0 Å². The monoisotopic (exact) mass is 444 g/mol. The summed E-state index contributed by atoms with van der Waals surface area (Å²) in [7, 11) is 0. The predicted molar refractivity (Wildman–Crippen MR) is 114 cm³/mol. The second kappa shape index (κ2) is 9.30. The van der Waals surface area contributed by atoms with Gasteiger partial charge in [-0.15, -0.1) is 0 Å². The van der Waals surface area contributed by atoms with Crippen molar-refractivity contribution in [1.82, 2.24) is 9.88 Å². The van der Waals surface area contributed by atoms with E-state index >= 15 is 0 Å². The van der Waals surface area contributed by atoms with Gasteiger partial charge in [-0.05, 0) is 78.5 Å². The van der Waals surface area contributed by atoms with Crippen LogP contribution in [0.4, 0.5) is 11.5 Å². The van der Waals surface area contributed by atoms with E-state index in [-0.39, 0.29) is 24.3 Å². The minimum atomic E-state index is -0.146. The lowest BCUT2D eigenvalue weighted by molar-refractivity contribution is -0.123. The second-order valence-corrected chi connectivity index (χ2v) is 8.14. The lowest BCUT2D eigenvalue weighted by atomic mass is 9.97. The normalized spacial score (nSPS) is 17.2. The number of likely N-dealkylation sites (tertiary alicyclic amines) is 1. The Kier molecular flexibility index (Phi) is 6.80. The summed E-state index contributed by atoms with van der Waals surface area (Å²) < 4.78 is 0.865. The number of carbonyl (C=O) groups excluding carboxylic acids is 2. The van der Waals surface area contributed by atoms with Crippen LogP contribution in [0.1, 0.15) is 24.0 Å². The van der Waals surface area contributed by atoms with Crippen LogP contribution in [0.3, 0.4) is 0 Å². The molecule has 1 unspecified atom stereocenters. The highest BCUT2D eigenvalue weighted by molar-refractivity contribution is 9.10. The Hall–Kier alpha value is -2.25. The molecule has 0 aliphatic carbocycles. The molecular formula is C21H25BrN4O2. The standard InChI is InChI=1S/C21H25BrN4O2/c1-14-5-3-7-18(15(14)2)24-20(27)13-26-10-4-6-16(12-26)21(28)25-19-9-8-17(22)11-23-19/h3,5,7-9,11,16H,4,6,10,12-13H2,1-2H3,(H,24,27)(H,23,25,28). The zero-order chi connectivity index (χ0) is 20.1. The number of aryl methyl sites for hydroxylation is 1. The topological polar surface area (TPSA) is 74.3 Å². The largest absolute Gasteiger partial charge is 0.325 e. The molecular weight excluding hydrogens is 420 g/mol. The molecule has 2 N–H and O–H groups in total. The van der Waals surface area contributed by atoms with Crippen LogP contribution >= 0.6 is 15.9 Å². The van der Waals surface area contributed by atoms with Gasteiger partial charge in [0.1, 0.15) is 5.82 Å². The molecule has 3 rings (SSSR count). The van der Waals surface area contributed by atoms with E-state index < -0.39 is 0 Å². The molecule has 0 bridgehead atoms. The Labute approximate surface area is 173 Å². The molecule has 1 aliphatic rings. The number of hydrogen-bond acceptors (Lipinski definition) is 4. The summed E-state index contributed by atoms with van der Waals surface area (Å²) in [4.78, 5) is 31.3. The number of nitrogens with zero attached hydrogens (tertiary/aromatic N) is 2. The average Bonchev–Trinajstić information content (AvgIpc) is 2.67. The van der Waals surface area contributed by atoms with E-state index in [4.69, 9.17) is 0 Å². The van der Waals surface area contributed by atoms with Gasteiger partial charge in [0.2, 0.25) is 11.8 Å². The van der Waals surface area contributed by atoms with E-state index in [2.05, 4.69) is 31.5 Å². The van der Waals surface area contributed by atoms with Crippen LogP contribution in [0, 0.1) is 19.8 Å². The number of carbonyl (C=O) groups is 2. The summed E-state index contributed by atoms with van der Waals surface area (Å²) in [5.74, 6) is 0.296. The molecule has 0 radical (unpaired) electrons. The number of pyridine rings is 1. The zero-order valence-corrected chi connectivity index (χ0v) is 17.8. The fraction of sp³-hybridized carbons (Fsp3) is 0.381. The van der Waals surface area contributed by atoms with E-state index in [0.717, 1.165) is 40.7 Å². The van der Waals surface area contributed by atoms with Crippen molar-refractivity contribution in [2.75, 3.05) is 30.3 Å². The molecule has 2 amide bonds. The van der Waals surface area contributed by atoms with Crippen molar-refractivity contribution in [3.63, 3.8) is 0 Å². The van der Waals surface area contributed by atoms with Crippen molar-refractivity contribution in [3.05, 3.63) is 52.1 Å². The van der Waals surface area contributed by atoms with Crippen molar-refractivity contribution in [2.24, 2.45) is 5.92 Å². The summed E-state index contributed by atoms with van der Waals surface area (Å²) in [6.07, 6.45) is 3.36. The maximum atomic E-state index is 12.6. The van der Waals surface area contributed by atoms with Gasteiger partial charge in [-0.25, -0.2) is 4.98 Å². The Bertz CT molecular complexity index is 854. The highest BCUT2D eigenvalue weighted by Gasteiger charge is 2.27. The van der Waals surface area contributed by atoms with Gasteiger partial charge in [0.25, 0.3) is 0 Å². The van der Waals surface area contributed by atoms with Crippen LogP contribution in [-0.2, 0) is 9.59 Å². The summed E-state index contributed by atoms with van der Waals surface area (Å²) >= 11 is 3.33. The predicted octanol–water partition coefficient (Wildman–Crippen LogP) is 3.75. The zero-order valence-electron chi connectivity index (χ0n) is 16.2. The molecule has 1 saturated heterocycles. The van der Waals surface area contributed by atoms with Crippen LogP contribution < -0.4 is 10.6 Å². The van der Waals surface area contributed by atoms with Crippen molar-refractivity contribution in [1.29, 1.82) is 0 Å². The fourth-order valence-corrected chi connectivity index (χ4v) is 3.61. The SMILES string of the molecule is Cc1cccc(NC(=O)CN2CCCC(C(=O)Nc3ccc(Br)cn3)C2)c1C. The highest BCUT2D eigenvalue weighted by Crippen LogP contribution is 2.20. The first kappa shape index (κ1) is 20.5. The molecule has 1 aliphatic heterocycles. The molecule has 6 nitrogen and oxygen atoms in total. The lowest BCUT2D eigenvalue weighted by Crippen LogP contribution is -2.44. The molecule has 1 atom stereocenters. The summed E-state index contributed by atoms with van der Waals surface area (Å²) in [6, 6.07) is 9.49. The van der Waals surface area contributed by atoms with E-state index in [9.17, 15) is 9.59 Å². The number of aromatic nitrogens is 1. The van der Waals surface area contributed by atoms with Crippen molar-refractivity contribution in [2.45, 2.75) is 26.7 Å². The minimum Gasteiger partial charge on any atom is -0.325 e. The lowest BCUT2D eigenvalue weighted by Gasteiger charge is -2.31. The Morgan fingerprint density at radius 1 is 1.21 bits per heavy atom. The van der Waals surface area contributed by atoms with Gasteiger partial charge in [-0.2, -0.15) is 0 Å². The van der Waals surface area contributed by atoms with E-state index in [0.29, 0.717) is 12.4 Å². The first-order valence-corrected chi connectivity index (χ1v) is 10.2. The summed E-state index contributed by atoms with van der Waals surface area (Å²) in [5.41, 5.74) is 3.07. The van der Waals surface area contributed by atoms with Crippen molar-refractivity contribution in [3.8, 4) is 0 Å². The first-order chi connectivity index (χ1) is 13.4.